The molecule has 2 fully saturated rings. The van der Waals surface area contributed by atoms with Gasteiger partial charge in [0.05, 0.1) is 18.4 Å². The van der Waals surface area contributed by atoms with Gasteiger partial charge in [-0.1, -0.05) is 22.4 Å². The highest BCUT2D eigenvalue weighted by Crippen LogP contribution is 2.26. The zero-order chi connectivity index (χ0) is 19.8. The standard InChI is InChI=1S/C22H28BrN5O/c23-18-4-6-20(7-5-18)28-21-8-9-25(15-17(21)14-24-28)16-22(29)27-12-10-26(11-13-27)19-2-1-3-19/h4-7,14,19H,1-3,8-13,15-16H2. The van der Waals surface area contributed by atoms with Crippen LogP contribution in [0.4, 0.5) is 0 Å². The van der Waals surface area contributed by atoms with Gasteiger partial charge in [-0.25, -0.2) is 4.68 Å². The smallest absolute Gasteiger partial charge is 0.236 e. The molecule has 0 N–H and O–H groups in total. The first kappa shape index (κ1) is 19.3. The first-order valence-corrected chi connectivity index (χ1v) is 11.5. The van der Waals surface area contributed by atoms with Crippen LogP contribution in [-0.4, -0.2) is 75.7 Å². The number of aromatic nitrogens is 2. The van der Waals surface area contributed by atoms with Crippen molar-refractivity contribution in [3.63, 3.8) is 0 Å². The van der Waals surface area contributed by atoms with Crippen LogP contribution in [0.5, 0.6) is 0 Å². The van der Waals surface area contributed by atoms with E-state index in [-0.39, 0.29) is 5.91 Å². The van der Waals surface area contributed by atoms with Gasteiger partial charge in [0.2, 0.25) is 5.91 Å². The zero-order valence-electron chi connectivity index (χ0n) is 16.8. The van der Waals surface area contributed by atoms with Crippen molar-refractivity contribution in [3.8, 4) is 5.69 Å². The third-order valence-electron chi connectivity index (χ3n) is 6.70. The molecule has 1 saturated carbocycles. The summed E-state index contributed by atoms with van der Waals surface area (Å²) in [7, 11) is 0. The van der Waals surface area contributed by atoms with Gasteiger partial charge in [-0.2, -0.15) is 5.10 Å². The number of halogens is 1. The molecule has 0 spiro atoms. The van der Waals surface area contributed by atoms with Crippen LogP contribution in [0.1, 0.15) is 30.5 Å². The summed E-state index contributed by atoms with van der Waals surface area (Å²) in [5.74, 6) is 0.280. The minimum absolute atomic E-state index is 0.280. The monoisotopic (exact) mass is 457 g/mol. The molecule has 0 radical (unpaired) electrons. The summed E-state index contributed by atoms with van der Waals surface area (Å²) < 4.78 is 3.11. The molecule has 7 heteroatoms. The van der Waals surface area contributed by atoms with Gasteiger partial charge in [0.15, 0.2) is 0 Å². The lowest BCUT2D eigenvalue weighted by atomic mass is 9.91. The topological polar surface area (TPSA) is 44.6 Å². The molecular weight excluding hydrogens is 430 g/mol. The second-order valence-electron chi connectivity index (χ2n) is 8.47. The molecule has 0 unspecified atom stereocenters. The molecular formula is C22H28BrN5O. The molecule has 6 nitrogen and oxygen atoms in total. The molecule has 3 heterocycles. The van der Waals surface area contributed by atoms with Gasteiger partial charge in [0.1, 0.15) is 0 Å². The fourth-order valence-corrected chi connectivity index (χ4v) is 4.97. The highest BCUT2D eigenvalue weighted by molar-refractivity contribution is 9.10. The number of carbonyl (C=O) groups excluding carboxylic acids is 1. The largest absolute Gasteiger partial charge is 0.339 e. The molecule has 1 aromatic heterocycles. The maximum atomic E-state index is 12.8. The van der Waals surface area contributed by atoms with Crippen molar-refractivity contribution >= 4 is 21.8 Å². The average Bonchev–Trinajstić information content (AvgIpc) is 3.11. The number of amides is 1. The van der Waals surface area contributed by atoms with Gasteiger partial charge in [-0.05, 0) is 37.1 Å². The Morgan fingerprint density at radius 1 is 1.07 bits per heavy atom. The first-order chi connectivity index (χ1) is 14.2. The third-order valence-corrected chi connectivity index (χ3v) is 7.23. The van der Waals surface area contributed by atoms with Gasteiger partial charge in [0.25, 0.3) is 0 Å². The Bertz CT molecular complexity index is 868. The molecule has 1 amide bonds. The second-order valence-corrected chi connectivity index (χ2v) is 9.38. The molecule has 3 aliphatic rings. The summed E-state index contributed by atoms with van der Waals surface area (Å²) in [4.78, 5) is 19.8. The minimum atomic E-state index is 0.280. The Morgan fingerprint density at radius 3 is 2.52 bits per heavy atom. The Kier molecular flexibility index (Phi) is 5.45. The van der Waals surface area contributed by atoms with E-state index in [9.17, 15) is 4.79 Å². The van der Waals surface area contributed by atoms with Gasteiger partial charge in [-0.3, -0.25) is 14.6 Å². The first-order valence-electron chi connectivity index (χ1n) is 10.7. The average molecular weight is 458 g/mol. The second kappa shape index (κ2) is 8.20. The summed E-state index contributed by atoms with van der Waals surface area (Å²) in [6, 6.07) is 9.03. The highest BCUT2D eigenvalue weighted by Gasteiger charge is 2.30. The molecule has 0 atom stereocenters. The van der Waals surface area contributed by atoms with Crippen LogP contribution >= 0.6 is 15.9 Å². The summed E-state index contributed by atoms with van der Waals surface area (Å²) in [6.07, 6.45) is 6.95. The molecule has 5 rings (SSSR count). The molecule has 2 aromatic rings. The lowest BCUT2D eigenvalue weighted by molar-refractivity contribution is -0.135. The number of hydrogen-bond acceptors (Lipinski definition) is 4. The quantitative estimate of drug-likeness (QED) is 0.707. The van der Waals surface area contributed by atoms with Crippen LogP contribution in [0.2, 0.25) is 0 Å². The van der Waals surface area contributed by atoms with E-state index in [1.54, 1.807) is 0 Å². The fraction of sp³-hybridized carbons (Fsp3) is 0.545. The van der Waals surface area contributed by atoms with Crippen molar-refractivity contribution in [1.82, 2.24) is 24.5 Å². The number of piperazine rings is 1. The normalized spacial score (nSPS) is 21.1. The van der Waals surface area contributed by atoms with Gasteiger partial charge in [0, 0.05) is 67.5 Å². The van der Waals surface area contributed by atoms with Crippen molar-refractivity contribution in [2.45, 2.75) is 38.3 Å². The lowest BCUT2D eigenvalue weighted by Gasteiger charge is -2.43. The van der Waals surface area contributed by atoms with E-state index in [2.05, 4.69) is 47.9 Å². The molecule has 1 aliphatic carbocycles. The summed E-state index contributed by atoms with van der Waals surface area (Å²) in [6.45, 7) is 6.09. The number of rotatable bonds is 4. The molecule has 0 bridgehead atoms. The lowest BCUT2D eigenvalue weighted by Crippen LogP contribution is -2.55. The molecule has 2 aliphatic heterocycles. The van der Waals surface area contributed by atoms with Crippen molar-refractivity contribution in [2.24, 2.45) is 0 Å². The van der Waals surface area contributed by atoms with Gasteiger partial charge >= 0.3 is 0 Å². The van der Waals surface area contributed by atoms with Gasteiger partial charge < -0.3 is 4.90 Å². The van der Waals surface area contributed by atoms with Crippen LogP contribution in [0.15, 0.2) is 34.9 Å². The number of nitrogens with zero attached hydrogens (tertiary/aromatic N) is 5. The Hall–Kier alpha value is -1.70. The molecule has 29 heavy (non-hydrogen) atoms. The Labute approximate surface area is 180 Å². The Balaban J connectivity index is 1.17. The van der Waals surface area contributed by atoms with Crippen molar-refractivity contribution in [3.05, 3.63) is 46.2 Å². The minimum Gasteiger partial charge on any atom is -0.339 e. The zero-order valence-corrected chi connectivity index (χ0v) is 18.4. The van der Waals surface area contributed by atoms with Gasteiger partial charge in [-0.15, -0.1) is 0 Å². The van der Waals surface area contributed by atoms with E-state index >= 15 is 0 Å². The number of hydrogen-bond donors (Lipinski definition) is 0. The van der Waals surface area contributed by atoms with Crippen molar-refractivity contribution < 1.29 is 4.79 Å². The van der Waals surface area contributed by atoms with E-state index in [4.69, 9.17) is 0 Å². The van der Waals surface area contributed by atoms with Crippen molar-refractivity contribution in [1.29, 1.82) is 0 Å². The summed E-state index contributed by atoms with van der Waals surface area (Å²) in [5, 5.41) is 4.61. The van der Waals surface area contributed by atoms with E-state index in [0.717, 1.165) is 61.9 Å². The predicted molar refractivity (Wildman–Crippen MR) is 116 cm³/mol. The van der Waals surface area contributed by atoms with E-state index < -0.39 is 0 Å². The summed E-state index contributed by atoms with van der Waals surface area (Å²) >= 11 is 3.49. The van der Waals surface area contributed by atoms with Crippen LogP contribution < -0.4 is 0 Å². The van der Waals surface area contributed by atoms with Crippen LogP contribution in [-0.2, 0) is 17.8 Å². The van der Waals surface area contributed by atoms with Crippen LogP contribution in [0.3, 0.4) is 0 Å². The SMILES string of the molecule is O=C(CN1CCc2c(cnn2-c2ccc(Br)cc2)C1)N1CCN(C2CCC2)CC1. The predicted octanol–water partition coefficient (Wildman–Crippen LogP) is 2.69. The van der Waals surface area contributed by atoms with E-state index in [1.807, 2.05) is 23.0 Å². The highest BCUT2D eigenvalue weighted by atomic mass is 79.9. The number of fused-ring (bicyclic) bond motifs is 1. The molecule has 154 valence electrons. The number of benzene rings is 1. The molecule has 1 aromatic carbocycles. The summed E-state index contributed by atoms with van der Waals surface area (Å²) in [5.41, 5.74) is 3.59. The van der Waals surface area contributed by atoms with Crippen molar-refractivity contribution in [2.75, 3.05) is 39.3 Å². The van der Waals surface area contributed by atoms with E-state index in [0.29, 0.717) is 6.54 Å². The fourth-order valence-electron chi connectivity index (χ4n) is 4.71. The maximum absolute atomic E-state index is 12.8. The molecule has 1 saturated heterocycles. The van der Waals surface area contributed by atoms with Crippen LogP contribution in [0.25, 0.3) is 5.69 Å². The third kappa shape index (κ3) is 4.00. The number of carbonyl (C=O) groups is 1. The van der Waals surface area contributed by atoms with E-state index in [1.165, 1.54) is 30.5 Å². The Morgan fingerprint density at radius 2 is 1.83 bits per heavy atom. The maximum Gasteiger partial charge on any atom is 0.236 e. The van der Waals surface area contributed by atoms with Crippen LogP contribution in [0, 0.1) is 0 Å².